The monoisotopic (exact) mass is 324 g/mol. The minimum absolute atomic E-state index is 0.0165. The number of halogens is 1. The molecule has 2 aromatic rings. The Labute approximate surface area is 130 Å². The predicted molar refractivity (Wildman–Crippen MR) is 83.1 cm³/mol. The van der Waals surface area contributed by atoms with Gasteiger partial charge in [0.25, 0.3) is 11.6 Å². The molecular weight excluding hydrogens is 312 g/mol. The van der Waals surface area contributed by atoms with Gasteiger partial charge in [0.05, 0.1) is 4.92 Å². The zero-order chi connectivity index (χ0) is 15.4. The Morgan fingerprint density at radius 3 is 2.86 bits per heavy atom. The van der Waals surface area contributed by atoms with Crippen molar-refractivity contribution in [2.45, 2.75) is 19.4 Å². The van der Waals surface area contributed by atoms with Crippen molar-refractivity contribution in [3.63, 3.8) is 0 Å². The average Bonchev–Trinajstić information content (AvgIpc) is 2.91. The fourth-order valence-electron chi connectivity index (χ4n) is 1.91. The van der Waals surface area contributed by atoms with Crippen LogP contribution in [0.5, 0.6) is 0 Å². The number of rotatable bonds is 5. The Morgan fingerprint density at radius 2 is 2.24 bits per heavy atom. The summed E-state index contributed by atoms with van der Waals surface area (Å²) in [5.41, 5.74) is 1.10. The lowest BCUT2D eigenvalue weighted by Crippen LogP contribution is -2.34. The lowest BCUT2D eigenvalue weighted by atomic mass is 10.1. The van der Waals surface area contributed by atoms with Crippen LogP contribution in [0.15, 0.2) is 35.0 Å². The minimum Gasteiger partial charge on any atom is -0.349 e. The van der Waals surface area contributed by atoms with Crippen molar-refractivity contribution >= 4 is 34.5 Å². The fourth-order valence-corrected chi connectivity index (χ4v) is 2.78. The Hall–Kier alpha value is -1.92. The molecule has 21 heavy (non-hydrogen) atoms. The van der Waals surface area contributed by atoms with E-state index in [-0.39, 0.29) is 28.2 Å². The Bertz CT molecular complexity index is 658. The molecule has 1 amide bonds. The third-order valence-electron chi connectivity index (χ3n) is 2.90. The molecule has 1 unspecified atom stereocenters. The largest absolute Gasteiger partial charge is 0.349 e. The van der Waals surface area contributed by atoms with Gasteiger partial charge in [0.15, 0.2) is 0 Å². The third kappa shape index (κ3) is 4.03. The van der Waals surface area contributed by atoms with E-state index in [0.717, 1.165) is 5.56 Å². The zero-order valence-electron chi connectivity index (χ0n) is 11.2. The highest BCUT2D eigenvalue weighted by Gasteiger charge is 2.17. The van der Waals surface area contributed by atoms with Gasteiger partial charge in [0.1, 0.15) is 5.02 Å². The highest BCUT2D eigenvalue weighted by atomic mass is 35.5. The number of thiophene rings is 1. The Morgan fingerprint density at radius 1 is 1.48 bits per heavy atom. The quantitative estimate of drug-likeness (QED) is 0.673. The Balaban J connectivity index is 2.06. The molecule has 0 spiro atoms. The van der Waals surface area contributed by atoms with Gasteiger partial charge in [-0.3, -0.25) is 14.9 Å². The van der Waals surface area contributed by atoms with Gasteiger partial charge in [0.2, 0.25) is 0 Å². The standard InChI is InChI=1S/C14H13ClN2O3S/c1-9(6-10-4-5-21-8-10)16-14(18)11-2-3-12(15)13(7-11)17(19)20/h2-5,7-9H,6H2,1H3,(H,16,18). The van der Waals surface area contributed by atoms with Crippen LogP contribution in [0.25, 0.3) is 0 Å². The number of nitrogens with one attached hydrogen (secondary N) is 1. The number of carbonyl (C=O) groups is 1. The van der Waals surface area contributed by atoms with Crippen molar-refractivity contribution in [2.75, 3.05) is 0 Å². The van der Waals surface area contributed by atoms with Crippen molar-refractivity contribution < 1.29 is 9.72 Å². The molecule has 0 bridgehead atoms. The summed E-state index contributed by atoms with van der Waals surface area (Å²) in [7, 11) is 0. The third-order valence-corrected chi connectivity index (χ3v) is 3.96. The van der Waals surface area contributed by atoms with E-state index >= 15 is 0 Å². The second kappa shape index (κ2) is 6.69. The van der Waals surface area contributed by atoms with E-state index in [1.54, 1.807) is 11.3 Å². The van der Waals surface area contributed by atoms with Crippen LogP contribution in [0.1, 0.15) is 22.8 Å². The molecule has 7 heteroatoms. The summed E-state index contributed by atoms with van der Waals surface area (Å²) in [6.07, 6.45) is 0.713. The van der Waals surface area contributed by atoms with E-state index in [1.807, 2.05) is 23.8 Å². The molecule has 5 nitrogen and oxygen atoms in total. The summed E-state index contributed by atoms with van der Waals surface area (Å²) < 4.78 is 0. The lowest BCUT2D eigenvalue weighted by molar-refractivity contribution is -0.384. The SMILES string of the molecule is CC(Cc1ccsc1)NC(=O)c1ccc(Cl)c([N+](=O)[O-])c1. The maximum Gasteiger partial charge on any atom is 0.288 e. The number of benzene rings is 1. The molecule has 1 heterocycles. The predicted octanol–water partition coefficient (Wildman–Crippen LogP) is 3.67. The smallest absolute Gasteiger partial charge is 0.288 e. The number of nitro benzene ring substituents is 1. The van der Waals surface area contributed by atoms with E-state index in [1.165, 1.54) is 18.2 Å². The van der Waals surface area contributed by atoms with Crippen molar-refractivity contribution in [3.05, 3.63) is 61.3 Å². The fraction of sp³-hybridized carbons (Fsp3) is 0.214. The number of carbonyl (C=O) groups excluding carboxylic acids is 1. The van der Waals surface area contributed by atoms with Gasteiger partial charge in [-0.2, -0.15) is 11.3 Å². The second-order valence-electron chi connectivity index (χ2n) is 4.63. The van der Waals surface area contributed by atoms with Crippen LogP contribution in [0, 0.1) is 10.1 Å². The molecule has 2 rings (SSSR count). The highest BCUT2D eigenvalue weighted by molar-refractivity contribution is 7.07. The number of hydrogen-bond acceptors (Lipinski definition) is 4. The van der Waals surface area contributed by atoms with Gasteiger partial charge in [-0.05, 0) is 47.9 Å². The molecule has 0 aliphatic carbocycles. The van der Waals surface area contributed by atoms with Crippen LogP contribution in [-0.4, -0.2) is 16.9 Å². The van der Waals surface area contributed by atoms with Crippen molar-refractivity contribution in [3.8, 4) is 0 Å². The zero-order valence-corrected chi connectivity index (χ0v) is 12.8. The molecule has 0 aliphatic rings. The molecule has 0 saturated heterocycles. The number of amides is 1. The van der Waals surface area contributed by atoms with Gasteiger partial charge in [-0.25, -0.2) is 0 Å². The van der Waals surface area contributed by atoms with Gasteiger partial charge in [-0.15, -0.1) is 0 Å². The van der Waals surface area contributed by atoms with Crippen LogP contribution >= 0.6 is 22.9 Å². The molecule has 1 atom stereocenters. The first-order chi connectivity index (χ1) is 9.97. The molecule has 0 saturated carbocycles. The molecule has 1 aromatic heterocycles. The average molecular weight is 325 g/mol. The molecule has 0 fully saturated rings. The molecular formula is C14H13ClN2O3S. The van der Waals surface area contributed by atoms with E-state index in [4.69, 9.17) is 11.6 Å². The maximum absolute atomic E-state index is 12.1. The van der Waals surface area contributed by atoms with E-state index < -0.39 is 4.92 Å². The topological polar surface area (TPSA) is 72.2 Å². The molecule has 110 valence electrons. The first kappa shape index (κ1) is 15.5. The van der Waals surface area contributed by atoms with Crippen LogP contribution < -0.4 is 5.32 Å². The summed E-state index contributed by atoms with van der Waals surface area (Å²) >= 11 is 7.33. The van der Waals surface area contributed by atoms with Gasteiger partial charge in [0, 0.05) is 17.7 Å². The van der Waals surface area contributed by atoms with E-state index in [0.29, 0.717) is 6.42 Å². The van der Waals surface area contributed by atoms with Crippen molar-refractivity contribution in [2.24, 2.45) is 0 Å². The van der Waals surface area contributed by atoms with Crippen LogP contribution in [0.4, 0.5) is 5.69 Å². The normalized spacial score (nSPS) is 11.9. The number of nitrogens with zero attached hydrogens (tertiary/aromatic N) is 1. The maximum atomic E-state index is 12.1. The lowest BCUT2D eigenvalue weighted by Gasteiger charge is -2.13. The summed E-state index contributed by atoms with van der Waals surface area (Å²) in [6.45, 7) is 1.89. The minimum atomic E-state index is -0.603. The molecule has 1 aromatic carbocycles. The van der Waals surface area contributed by atoms with Crippen LogP contribution in [0.2, 0.25) is 5.02 Å². The van der Waals surface area contributed by atoms with Crippen molar-refractivity contribution in [1.82, 2.24) is 5.32 Å². The summed E-state index contributed by atoms with van der Waals surface area (Å²) in [5.74, 6) is -0.350. The van der Waals surface area contributed by atoms with Crippen LogP contribution in [-0.2, 0) is 6.42 Å². The van der Waals surface area contributed by atoms with Gasteiger partial charge < -0.3 is 5.32 Å². The molecule has 0 aliphatic heterocycles. The second-order valence-corrected chi connectivity index (χ2v) is 5.82. The van der Waals surface area contributed by atoms with E-state index in [2.05, 4.69) is 5.32 Å². The number of hydrogen-bond donors (Lipinski definition) is 1. The molecule has 0 radical (unpaired) electrons. The highest BCUT2D eigenvalue weighted by Crippen LogP contribution is 2.25. The van der Waals surface area contributed by atoms with Gasteiger partial charge >= 0.3 is 0 Å². The first-order valence-corrected chi connectivity index (χ1v) is 7.55. The summed E-state index contributed by atoms with van der Waals surface area (Å²) in [6, 6.07) is 5.96. The molecule has 1 N–H and O–H groups in total. The first-order valence-electron chi connectivity index (χ1n) is 6.23. The summed E-state index contributed by atoms with van der Waals surface area (Å²) in [4.78, 5) is 22.3. The van der Waals surface area contributed by atoms with Gasteiger partial charge in [-0.1, -0.05) is 11.6 Å². The van der Waals surface area contributed by atoms with E-state index in [9.17, 15) is 14.9 Å². The van der Waals surface area contributed by atoms with Crippen LogP contribution in [0.3, 0.4) is 0 Å². The number of nitro groups is 1. The van der Waals surface area contributed by atoms with Crippen molar-refractivity contribution in [1.29, 1.82) is 0 Å². The summed E-state index contributed by atoms with van der Waals surface area (Å²) in [5, 5.41) is 17.7. The Kier molecular flexibility index (Phi) is 4.93.